The minimum atomic E-state index is -0.758. The van der Waals surface area contributed by atoms with Crippen LogP contribution >= 0.6 is 0 Å². The van der Waals surface area contributed by atoms with Crippen molar-refractivity contribution in [3.63, 3.8) is 0 Å². The number of carbonyl (C=O) groups excluding carboxylic acids is 2. The van der Waals surface area contributed by atoms with Gasteiger partial charge in [0.1, 0.15) is 11.5 Å². The van der Waals surface area contributed by atoms with Gasteiger partial charge in [-0.15, -0.1) is 0 Å². The normalized spacial score (nSPS) is 23.2. The fraction of sp³-hybridized carbons (Fsp3) is 0.533. The van der Waals surface area contributed by atoms with Crippen molar-refractivity contribution in [3.05, 3.63) is 53.1 Å². The monoisotopic (exact) mass is 535 g/mol. The third-order valence-corrected chi connectivity index (χ3v) is 8.09. The average molecular weight is 536 g/mol. The van der Waals surface area contributed by atoms with Gasteiger partial charge in [0.05, 0.1) is 23.0 Å². The van der Waals surface area contributed by atoms with E-state index in [1.54, 1.807) is 41.6 Å². The van der Waals surface area contributed by atoms with E-state index < -0.39 is 11.1 Å². The van der Waals surface area contributed by atoms with Gasteiger partial charge < -0.3 is 14.9 Å². The number of imidazole rings is 1. The van der Waals surface area contributed by atoms with Crippen molar-refractivity contribution in [1.82, 2.24) is 24.4 Å². The summed E-state index contributed by atoms with van der Waals surface area (Å²) in [5.74, 6) is -0.576. The number of carbonyl (C=O) groups is 2. The highest BCUT2D eigenvalue weighted by Crippen LogP contribution is 2.39. The second-order valence-electron chi connectivity index (χ2n) is 13.2. The van der Waals surface area contributed by atoms with Crippen LogP contribution in [0.15, 0.2) is 30.5 Å². The minimum Gasteiger partial charge on any atom is -0.390 e. The lowest BCUT2D eigenvalue weighted by molar-refractivity contribution is -0.153. The zero-order valence-corrected chi connectivity index (χ0v) is 23.9. The fourth-order valence-corrected chi connectivity index (χ4v) is 5.87. The van der Waals surface area contributed by atoms with Crippen molar-refractivity contribution in [1.29, 1.82) is 0 Å². The Balaban J connectivity index is 1.44. The highest BCUT2D eigenvalue weighted by molar-refractivity contribution is 5.94. The summed E-state index contributed by atoms with van der Waals surface area (Å²) in [7, 11) is 0. The number of nitrogens with zero attached hydrogens (tertiary/aromatic N) is 5. The Bertz CT molecular complexity index is 1460. The fourth-order valence-electron chi connectivity index (χ4n) is 5.87. The molecular weight excluding hydrogens is 497 g/mol. The van der Waals surface area contributed by atoms with Crippen LogP contribution < -0.4 is 0 Å². The molecule has 2 fully saturated rings. The van der Waals surface area contributed by atoms with Gasteiger partial charge in [0.15, 0.2) is 5.65 Å². The number of fused-ring (bicyclic) bond motifs is 1. The van der Waals surface area contributed by atoms with E-state index in [1.807, 2.05) is 24.8 Å². The third-order valence-electron chi connectivity index (χ3n) is 8.09. The van der Waals surface area contributed by atoms with Gasteiger partial charge in [0.25, 0.3) is 5.91 Å². The summed E-state index contributed by atoms with van der Waals surface area (Å²) in [4.78, 5) is 35.2. The molecule has 3 aromatic rings. The van der Waals surface area contributed by atoms with Crippen molar-refractivity contribution in [2.24, 2.45) is 5.92 Å². The van der Waals surface area contributed by atoms with E-state index in [2.05, 4.69) is 20.8 Å². The van der Waals surface area contributed by atoms with E-state index in [0.29, 0.717) is 55.1 Å². The standard InChI is InChI=1S/C30H38FN5O3/c1-18-12-19(8-9-22(18)31)23-13-21(28(2,3)4)25-32-24(16-36(25)33-23)27(38)35-11-10-34(17-29(35,5)6)26(37)20-14-30(7,39)15-20/h8-9,12-13,16,20,39H,10-11,14-15,17H2,1-7H3. The predicted molar refractivity (Wildman–Crippen MR) is 147 cm³/mol. The van der Waals surface area contributed by atoms with E-state index in [4.69, 9.17) is 10.1 Å². The lowest BCUT2D eigenvalue weighted by atomic mass is 9.71. The molecule has 1 aromatic carbocycles. The minimum absolute atomic E-state index is 0.0528. The number of rotatable bonds is 3. The summed E-state index contributed by atoms with van der Waals surface area (Å²) in [5.41, 5.74) is 2.20. The molecule has 3 heterocycles. The molecule has 1 saturated heterocycles. The SMILES string of the molecule is Cc1cc(-c2cc(C(C)(C)C)c3nc(C(=O)N4CCN(C(=O)C5CC(C)(O)C5)CC4(C)C)cn3n2)ccc1F. The van der Waals surface area contributed by atoms with Crippen LogP contribution in [0.1, 0.15) is 76.0 Å². The Morgan fingerprint density at radius 1 is 1.10 bits per heavy atom. The summed E-state index contributed by atoms with van der Waals surface area (Å²) in [5, 5.41) is 14.8. The molecule has 39 heavy (non-hydrogen) atoms. The van der Waals surface area contributed by atoms with Crippen molar-refractivity contribution in [2.75, 3.05) is 19.6 Å². The van der Waals surface area contributed by atoms with E-state index >= 15 is 0 Å². The highest BCUT2D eigenvalue weighted by atomic mass is 19.1. The Morgan fingerprint density at radius 2 is 1.79 bits per heavy atom. The molecule has 208 valence electrons. The molecule has 1 N–H and O–H groups in total. The van der Waals surface area contributed by atoms with E-state index in [-0.39, 0.29) is 29.0 Å². The molecule has 0 unspecified atom stereocenters. The number of hydrogen-bond donors (Lipinski definition) is 1. The maximum absolute atomic E-state index is 13.9. The largest absolute Gasteiger partial charge is 0.390 e. The van der Waals surface area contributed by atoms with Crippen LogP contribution in [0.25, 0.3) is 16.9 Å². The molecular formula is C30H38FN5O3. The van der Waals surface area contributed by atoms with Crippen LogP contribution in [-0.2, 0) is 10.2 Å². The van der Waals surface area contributed by atoms with Crippen LogP contribution in [0.5, 0.6) is 0 Å². The molecule has 8 nitrogen and oxygen atoms in total. The third kappa shape index (κ3) is 5.04. The second kappa shape index (κ2) is 9.11. The molecule has 1 aliphatic carbocycles. The maximum atomic E-state index is 13.9. The van der Waals surface area contributed by atoms with E-state index in [0.717, 1.165) is 11.1 Å². The molecule has 0 radical (unpaired) electrons. The number of halogens is 1. The van der Waals surface area contributed by atoms with Gasteiger partial charge in [0, 0.05) is 36.7 Å². The van der Waals surface area contributed by atoms with Gasteiger partial charge in [-0.1, -0.05) is 20.8 Å². The first-order valence-corrected chi connectivity index (χ1v) is 13.6. The Labute approximate surface area is 228 Å². The Hall–Kier alpha value is -3.33. The summed E-state index contributed by atoms with van der Waals surface area (Å²) in [6.07, 6.45) is 2.63. The first-order chi connectivity index (χ1) is 18.1. The van der Waals surface area contributed by atoms with Crippen molar-refractivity contribution < 1.29 is 19.1 Å². The summed E-state index contributed by atoms with van der Waals surface area (Å²) < 4.78 is 15.6. The van der Waals surface area contributed by atoms with Gasteiger partial charge >= 0.3 is 0 Å². The molecule has 2 aliphatic rings. The quantitative estimate of drug-likeness (QED) is 0.538. The number of hydrogen-bond acceptors (Lipinski definition) is 5. The van der Waals surface area contributed by atoms with E-state index in [9.17, 15) is 19.1 Å². The summed E-state index contributed by atoms with van der Waals surface area (Å²) >= 11 is 0. The zero-order valence-electron chi connectivity index (χ0n) is 23.9. The smallest absolute Gasteiger partial charge is 0.274 e. The number of piperazine rings is 1. The molecule has 9 heteroatoms. The number of aromatic nitrogens is 3. The van der Waals surface area contributed by atoms with E-state index in [1.165, 1.54) is 6.07 Å². The van der Waals surface area contributed by atoms with Crippen LogP contribution in [0.2, 0.25) is 0 Å². The summed E-state index contributed by atoms with van der Waals surface area (Å²) in [6, 6.07) is 6.89. The number of aliphatic hydroxyl groups is 1. The van der Waals surface area contributed by atoms with Crippen molar-refractivity contribution in [2.45, 2.75) is 77.9 Å². The molecule has 2 aromatic heterocycles. The lowest BCUT2D eigenvalue weighted by Crippen LogP contribution is -2.63. The maximum Gasteiger partial charge on any atom is 0.274 e. The first-order valence-electron chi connectivity index (χ1n) is 13.6. The van der Waals surface area contributed by atoms with Crippen LogP contribution in [0.4, 0.5) is 4.39 Å². The van der Waals surface area contributed by atoms with Gasteiger partial charge in [0.2, 0.25) is 5.91 Å². The van der Waals surface area contributed by atoms with Gasteiger partial charge in [-0.3, -0.25) is 9.59 Å². The van der Waals surface area contributed by atoms with Crippen LogP contribution in [0.3, 0.4) is 0 Å². The van der Waals surface area contributed by atoms with Crippen molar-refractivity contribution in [3.8, 4) is 11.3 Å². The van der Waals surface area contributed by atoms with Crippen molar-refractivity contribution >= 4 is 17.5 Å². The first kappa shape index (κ1) is 27.2. The number of benzene rings is 1. The molecule has 1 saturated carbocycles. The number of amides is 2. The molecule has 5 rings (SSSR count). The highest BCUT2D eigenvalue weighted by Gasteiger charge is 2.47. The molecule has 1 aliphatic heterocycles. The average Bonchev–Trinajstić information content (AvgIpc) is 3.25. The molecule has 0 bridgehead atoms. The Morgan fingerprint density at radius 3 is 2.38 bits per heavy atom. The molecule has 2 amide bonds. The number of aryl methyl sites for hydroxylation is 1. The lowest BCUT2D eigenvalue weighted by Gasteiger charge is -2.49. The Kier molecular flexibility index (Phi) is 6.37. The zero-order chi connectivity index (χ0) is 28.5. The summed E-state index contributed by atoms with van der Waals surface area (Å²) in [6.45, 7) is 14.9. The van der Waals surface area contributed by atoms with Crippen LogP contribution in [0, 0.1) is 18.7 Å². The molecule has 0 spiro atoms. The van der Waals surface area contributed by atoms with Gasteiger partial charge in [-0.2, -0.15) is 5.10 Å². The van der Waals surface area contributed by atoms with Crippen LogP contribution in [-0.4, -0.2) is 72.1 Å². The van der Waals surface area contributed by atoms with Gasteiger partial charge in [-0.05, 0) is 75.8 Å². The topological polar surface area (TPSA) is 91.0 Å². The predicted octanol–water partition coefficient (Wildman–Crippen LogP) is 4.37. The van der Waals surface area contributed by atoms with Gasteiger partial charge in [-0.25, -0.2) is 13.9 Å². The second-order valence-corrected chi connectivity index (χ2v) is 13.2. The molecule has 0 atom stereocenters.